The second-order valence-electron chi connectivity index (χ2n) is 4.55. The maximum atomic E-state index is 11.3. The Kier molecular flexibility index (Phi) is 3.34. The van der Waals surface area contributed by atoms with Crippen molar-refractivity contribution in [2.75, 3.05) is 20.2 Å². The smallest absolute Gasteiger partial charge is 0.323 e. The van der Waals surface area contributed by atoms with E-state index in [1.807, 2.05) is 4.90 Å². The highest BCUT2D eigenvalue weighted by molar-refractivity contribution is 5.80. The van der Waals surface area contributed by atoms with Gasteiger partial charge in [0.05, 0.1) is 12.5 Å². The van der Waals surface area contributed by atoms with E-state index in [0.717, 1.165) is 13.0 Å². The van der Waals surface area contributed by atoms with E-state index < -0.39 is 5.41 Å². The molecule has 15 heavy (non-hydrogen) atoms. The molecule has 1 saturated heterocycles. The first kappa shape index (κ1) is 12.0. The summed E-state index contributed by atoms with van der Waals surface area (Å²) >= 11 is 0. The molecule has 5 nitrogen and oxygen atoms in total. The Morgan fingerprint density at radius 1 is 1.53 bits per heavy atom. The maximum absolute atomic E-state index is 11.3. The fourth-order valence-corrected chi connectivity index (χ4v) is 1.62. The summed E-state index contributed by atoms with van der Waals surface area (Å²) in [6, 6.07) is -0.200. The highest BCUT2D eigenvalue weighted by atomic mass is 16.5. The topological polar surface area (TPSA) is 72.6 Å². The number of nitrogens with two attached hydrogens (primary N) is 1. The molecule has 1 atom stereocenters. The molecular formula is C10H18N2O3. The third-order valence-electron chi connectivity index (χ3n) is 2.87. The molecule has 1 heterocycles. The van der Waals surface area contributed by atoms with Crippen LogP contribution >= 0.6 is 0 Å². The van der Waals surface area contributed by atoms with Crippen LogP contribution in [-0.4, -0.2) is 43.0 Å². The summed E-state index contributed by atoms with van der Waals surface area (Å²) in [5.74, 6) is -0.584. The lowest BCUT2D eigenvalue weighted by atomic mass is 9.89. The van der Waals surface area contributed by atoms with Crippen LogP contribution in [0, 0.1) is 5.41 Å². The van der Waals surface area contributed by atoms with Gasteiger partial charge in [-0.25, -0.2) is 0 Å². The molecule has 5 heteroatoms. The SMILES string of the molecule is COC(=O)C1CCN1CC(C)(C)C(N)=O. The van der Waals surface area contributed by atoms with Crippen molar-refractivity contribution in [3.63, 3.8) is 0 Å². The summed E-state index contributed by atoms with van der Waals surface area (Å²) in [7, 11) is 1.37. The number of rotatable bonds is 4. The van der Waals surface area contributed by atoms with Crippen molar-refractivity contribution in [1.29, 1.82) is 0 Å². The van der Waals surface area contributed by atoms with Crippen molar-refractivity contribution in [1.82, 2.24) is 4.90 Å². The van der Waals surface area contributed by atoms with E-state index in [1.165, 1.54) is 7.11 Å². The highest BCUT2D eigenvalue weighted by Gasteiger charge is 2.39. The molecule has 1 amide bonds. The number of methoxy groups -OCH3 is 1. The molecule has 2 N–H and O–H groups in total. The Morgan fingerprint density at radius 3 is 2.47 bits per heavy atom. The monoisotopic (exact) mass is 214 g/mol. The van der Waals surface area contributed by atoms with Gasteiger partial charge in [-0.1, -0.05) is 0 Å². The average molecular weight is 214 g/mol. The van der Waals surface area contributed by atoms with Crippen LogP contribution in [0.3, 0.4) is 0 Å². The molecular weight excluding hydrogens is 196 g/mol. The van der Waals surface area contributed by atoms with Gasteiger partial charge in [0.25, 0.3) is 0 Å². The van der Waals surface area contributed by atoms with Crippen molar-refractivity contribution in [2.24, 2.45) is 11.1 Å². The molecule has 1 aliphatic heterocycles. The van der Waals surface area contributed by atoms with E-state index in [9.17, 15) is 9.59 Å². The van der Waals surface area contributed by atoms with E-state index in [-0.39, 0.29) is 17.9 Å². The molecule has 1 unspecified atom stereocenters. The van der Waals surface area contributed by atoms with Crippen molar-refractivity contribution < 1.29 is 14.3 Å². The zero-order chi connectivity index (χ0) is 11.6. The predicted octanol–water partition coefficient (Wildman–Crippen LogP) is -0.255. The Morgan fingerprint density at radius 2 is 2.13 bits per heavy atom. The number of carbonyl (C=O) groups is 2. The summed E-state index contributed by atoms with van der Waals surface area (Å²) in [5, 5.41) is 0. The summed E-state index contributed by atoms with van der Waals surface area (Å²) in [5.41, 5.74) is 4.67. The van der Waals surface area contributed by atoms with Crippen LogP contribution in [0.5, 0.6) is 0 Å². The third kappa shape index (κ3) is 2.47. The van der Waals surface area contributed by atoms with Crippen LogP contribution < -0.4 is 5.73 Å². The summed E-state index contributed by atoms with van der Waals surface area (Å²) in [4.78, 5) is 24.3. The average Bonchev–Trinajstić information content (AvgIpc) is 2.12. The predicted molar refractivity (Wildman–Crippen MR) is 55.0 cm³/mol. The van der Waals surface area contributed by atoms with Crippen molar-refractivity contribution >= 4 is 11.9 Å². The number of nitrogens with zero attached hydrogens (tertiary/aromatic N) is 1. The fourth-order valence-electron chi connectivity index (χ4n) is 1.62. The number of hydrogen-bond acceptors (Lipinski definition) is 4. The molecule has 1 aliphatic rings. The largest absolute Gasteiger partial charge is 0.468 e. The molecule has 1 fully saturated rings. The van der Waals surface area contributed by atoms with E-state index in [4.69, 9.17) is 5.73 Å². The van der Waals surface area contributed by atoms with Crippen LogP contribution in [-0.2, 0) is 14.3 Å². The second-order valence-corrected chi connectivity index (χ2v) is 4.55. The minimum atomic E-state index is -0.604. The van der Waals surface area contributed by atoms with Gasteiger partial charge in [0.15, 0.2) is 0 Å². The molecule has 0 aromatic heterocycles. The summed E-state index contributed by atoms with van der Waals surface area (Å²) < 4.78 is 4.66. The van der Waals surface area contributed by atoms with Gasteiger partial charge in [-0.3, -0.25) is 14.5 Å². The number of hydrogen-bond donors (Lipinski definition) is 1. The quantitative estimate of drug-likeness (QED) is 0.655. The Labute approximate surface area is 89.6 Å². The first-order valence-electron chi connectivity index (χ1n) is 5.00. The molecule has 0 spiro atoms. The lowest BCUT2D eigenvalue weighted by Crippen LogP contribution is -2.57. The lowest BCUT2D eigenvalue weighted by Gasteiger charge is -2.42. The number of amides is 1. The Balaban J connectivity index is 2.53. The van der Waals surface area contributed by atoms with Crippen molar-refractivity contribution in [3.8, 4) is 0 Å². The van der Waals surface area contributed by atoms with Gasteiger partial charge in [0.1, 0.15) is 6.04 Å². The first-order chi connectivity index (χ1) is 6.88. The van der Waals surface area contributed by atoms with Crippen LogP contribution in [0.25, 0.3) is 0 Å². The fraction of sp³-hybridized carbons (Fsp3) is 0.800. The van der Waals surface area contributed by atoms with Gasteiger partial charge < -0.3 is 10.5 Å². The third-order valence-corrected chi connectivity index (χ3v) is 2.87. The summed E-state index contributed by atoms with van der Waals surface area (Å²) in [6.07, 6.45) is 0.793. The van der Waals surface area contributed by atoms with Gasteiger partial charge in [-0.15, -0.1) is 0 Å². The summed E-state index contributed by atoms with van der Waals surface area (Å²) in [6.45, 7) is 4.88. The number of carbonyl (C=O) groups excluding carboxylic acids is 2. The van der Waals surface area contributed by atoms with E-state index in [0.29, 0.717) is 6.54 Å². The van der Waals surface area contributed by atoms with Crippen LogP contribution in [0.15, 0.2) is 0 Å². The van der Waals surface area contributed by atoms with E-state index in [2.05, 4.69) is 4.74 Å². The molecule has 0 aliphatic carbocycles. The highest BCUT2D eigenvalue weighted by Crippen LogP contribution is 2.25. The molecule has 0 radical (unpaired) electrons. The number of esters is 1. The van der Waals surface area contributed by atoms with E-state index in [1.54, 1.807) is 13.8 Å². The maximum Gasteiger partial charge on any atom is 0.323 e. The molecule has 0 bridgehead atoms. The van der Waals surface area contributed by atoms with Crippen LogP contribution in [0.2, 0.25) is 0 Å². The van der Waals surface area contributed by atoms with Gasteiger partial charge >= 0.3 is 5.97 Å². The molecule has 0 aromatic rings. The molecule has 1 rings (SSSR count). The lowest BCUT2D eigenvalue weighted by molar-refractivity contribution is -0.154. The van der Waals surface area contributed by atoms with Crippen molar-refractivity contribution in [3.05, 3.63) is 0 Å². The van der Waals surface area contributed by atoms with E-state index >= 15 is 0 Å². The molecule has 86 valence electrons. The second kappa shape index (κ2) is 4.18. The van der Waals surface area contributed by atoms with Gasteiger partial charge in [-0.05, 0) is 20.3 Å². The Hall–Kier alpha value is -1.10. The minimum absolute atomic E-state index is 0.200. The zero-order valence-corrected chi connectivity index (χ0v) is 9.45. The standard InChI is InChI=1S/C10H18N2O3/c1-10(2,9(11)14)6-12-5-4-7(12)8(13)15-3/h7H,4-6H2,1-3H3,(H2,11,14). The van der Waals surface area contributed by atoms with Gasteiger partial charge in [0, 0.05) is 13.1 Å². The van der Waals surface area contributed by atoms with Crippen molar-refractivity contribution in [2.45, 2.75) is 26.3 Å². The molecule has 0 aromatic carbocycles. The molecule has 0 saturated carbocycles. The number of ether oxygens (including phenoxy) is 1. The zero-order valence-electron chi connectivity index (χ0n) is 9.45. The first-order valence-corrected chi connectivity index (χ1v) is 5.00. The van der Waals surface area contributed by atoms with Gasteiger partial charge in [-0.2, -0.15) is 0 Å². The minimum Gasteiger partial charge on any atom is -0.468 e. The Bertz CT molecular complexity index is 276. The van der Waals surface area contributed by atoms with Crippen LogP contribution in [0.1, 0.15) is 20.3 Å². The van der Waals surface area contributed by atoms with Crippen LogP contribution in [0.4, 0.5) is 0 Å². The van der Waals surface area contributed by atoms with Gasteiger partial charge in [0.2, 0.25) is 5.91 Å². The number of likely N-dealkylation sites (tertiary alicyclic amines) is 1. The number of primary amides is 1. The normalized spacial score (nSPS) is 21.9.